The van der Waals surface area contributed by atoms with Gasteiger partial charge in [0.05, 0.1) is 5.41 Å². The third-order valence-corrected chi connectivity index (χ3v) is 4.95. The number of nitrogens with one attached hydrogen (secondary N) is 1. The van der Waals surface area contributed by atoms with E-state index in [1.807, 2.05) is 26.0 Å². The fraction of sp³-hybridized carbons (Fsp3) is 0.450. The van der Waals surface area contributed by atoms with Crippen LogP contribution >= 0.6 is 0 Å². The number of hydrazine groups is 1. The number of alkyl halides is 3. The molecule has 0 radical (unpaired) electrons. The first-order chi connectivity index (χ1) is 12.0. The van der Waals surface area contributed by atoms with E-state index in [1.165, 1.54) is 6.07 Å². The number of benzene rings is 2. The lowest BCUT2D eigenvalue weighted by Gasteiger charge is -2.31. The van der Waals surface area contributed by atoms with Crippen molar-refractivity contribution in [1.82, 2.24) is 10.4 Å². The van der Waals surface area contributed by atoms with Gasteiger partial charge < -0.3 is 0 Å². The van der Waals surface area contributed by atoms with Gasteiger partial charge in [0.2, 0.25) is 5.91 Å². The van der Waals surface area contributed by atoms with Crippen molar-refractivity contribution in [2.75, 3.05) is 6.54 Å². The quantitative estimate of drug-likeness (QED) is 0.837. The predicted molar refractivity (Wildman–Crippen MR) is 95.5 cm³/mol. The Bertz CT molecular complexity index is 843. The number of hydrogen-bond donors (Lipinski definition) is 1. The van der Waals surface area contributed by atoms with Crippen LogP contribution in [0.4, 0.5) is 13.2 Å². The summed E-state index contributed by atoms with van der Waals surface area (Å²) in [5.74, 6) is -0.196. The Morgan fingerprint density at radius 1 is 1.04 bits per heavy atom. The second kappa shape index (κ2) is 6.27. The van der Waals surface area contributed by atoms with Gasteiger partial charge in [-0.15, -0.1) is 0 Å². The molecule has 1 atom stereocenters. The number of fused-ring (bicyclic) bond motifs is 1. The summed E-state index contributed by atoms with van der Waals surface area (Å²) in [6.07, 6.45) is -4.52. The van der Waals surface area contributed by atoms with Crippen LogP contribution in [0.5, 0.6) is 0 Å². The molecule has 1 N–H and O–H groups in total. The molecule has 3 nitrogen and oxygen atoms in total. The first-order valence-electron chi connectivity index (χ1n) is 8.68. The molecule has 1 fully saturated rings. The van der Waals surface area contributed by atoms with Gasteiger partial charge in [-0.25, -0.2) is 5.01 Å². The number of rotatable bonds is 3. The molecule has 0 aliphatic carbocycles. The molecule has 0 saturated carbocycles. The zero-order chi connectivity index (χ0) is 19.3. The van der Waals surface area contributed by atoms with Crippen molar-refractivity contribution in [2.45, 2.75) is 45.8 Å². The number of carbonyl (C=O) groups excluding carboxylic acids is 1. The summed E-state index contributed by atoms with van der Waals surface area (Å²) in [6, 6.07) is 8.58. The lowest BCUT2D eigenvalue weighted by atomic mass is 9.90. The topological polar surface area (TPSA) is 32.3 Å². The van der Waals surface area contributed by atoms with Crippen molar-refractivity contribution in [3.05, 3.63) is 47.5 Å². The van der Waals surface area contributed by atoms with E-state index >= 15 is 0 Å². The van der Waals surface area contributed by atoms with Crippen LogP contribution in [-0.4, -0.2) is 23.6 Å². The maximum Gasteiger partial charge on any atom is 0.409 e. The van der Waals surface area contributed by atoms with Gasteiger partial charge in [0, 0.05) is 6.54 Å². The molecule has 140 valence electrons. The summed E-state index contributed by atoms with van der Waals surface area (Å²) in [5, 5.41) is 2.41. The Hall–Kier alpha value is -2.08. The molecule has 1 aliphatic rings. The minimum Gasteiger partial charge on any atom is -0.287 e. The summed E-state index contributed by atoms with van der Waals surface area (Å²) in [7, 11) is 0. The molecule has 3 rings (SSSR count). The Kier molecular flexibility index (Phi) is 4.51. The van der Waals surface area contributed by atoms with Gasteiger partial charge in [-0.1, -0.05) is 50.2 Å². The highest BCUT2D eigenvalue weighted by atomic mass is 19.4. The minimum absolute atomic E-state index is 0.00370. The van der Waals surface area contributed by atoms with E-state index in [4.69, 9.17) is 0 Å². The second-order valence-electron chi connectivity index (χ2n) is 7.84. The van der Waals surface area contributed by atoms with Gasteiger partial charge in [-0.3, -0.25) is 10.2 Å². The van der Waals surface area contributed by atoms with Crippen LogP contribution in [0.2, 0.25) is 0 Å². The summed E-state index contributed by atoms with van der Waals surface area (Å²) in [5.41, 5.74) is 2.73. The predicted octanol–water partition coefficient (Wildman–Crippen LogP) is 4.94. The van der Waals surface area contributed by atoms with Crippen LogP contribution in [0, 0.1) is 5.41 Å². The third-order valence-electron chi connectivity index (χ3n) is 4.95. The van der Waals surface area contributed by atoms with Gasteiger partial charge in [0.15, 0.2) is 6.04 Å². The van der Waals surface area contributed by atoms with Gasteiger partial charge in [0.25, 0.3) is 0 Å². The highest BCUT2D eigenvalue weighted by Gasteiger charge is 2.51. The first-order valence-corrected chi connectivity index (χ1v) is 8.68. The van der Waals surface area contributed by atoms with Crippen LogP contribution in [0.25, 0.3) is 10.8 Å². The summed E-state index contributed by atoms with van der Waals surface area (Å²) in [6.45, 7) is 7.33. The zero-order valence-corrected chi connectivity index (χ0v) is 15.3. The largest absolute Gasteiger partial charge is 0.409 e. The van der Waals surface area contributed by atoms with Crippen molar-refractivity contribution in [2.24, 2.45) is 5.41 Å². The van der Waals surface area contributed by atoms with Crippen LogP contribution < -0.4 is 5.43 Å². The van der Waals surface area contributed by atoms with Crippen LogP contribution in [0.3, 0.4) is 0 Å². The lowest BCUT2D eigenvalue weighted by Crippen LogP contribution is -2.43. The molecular weight excluding hydrogens is 341 g/mol. The van der Waals surface area contributed by atoms with E-state index in [0.29, 0.717) is 5.39 Å². The first kappa shape index (κ1) is 18.7. The number of nitrogens with zero attached hydrogens (tertiary/aromatic N) is 1. The molecule has 0 unspecified atom stereocenters. The maximum atomic E-state index is 14.0. The molecule has 2 aromatic rings. The number of carbonyl (C=O) groups is 1. The summed E-state index contributed by atoms with van der Waals surface area (Å²) in [4.78, 5) is 12.1. The van der Waals surface area contributed by atoms with E-state index in [2.05, 4.69) is 5.43 Å². The summed E-state index contributed by atoms with van der Waals surface area (Å²) < 4.78 is 42.1. The Balaban J connectivity index is 2.18. The monoisotopic (exact) mass is 364 g/mol. The zero-order valence-electron chi connectivity index (χ0n) is 15.3. The fourth-order valence-electron chi connectivity index (χ4n) is 3.60. The normalized spacial score (nSPS) is 19.2. The highest BCUT2D eigenvalue weighted by molar-refractivity contribution is 5.90. The molecule has 0 aromatic heterocycles. The number of amides is 1. The van der Waals surface area contributed by atoms with Crippen molar-refractivity contribution in [3.8, 4) is 0 Å². The van der Waals surface area contributed by atoms with E-state index in [1.54, 1.807) is 32.0 Å². The molecule has 6 heteroatoms. The van der Waals surface area contributed by atoms with Crippen molar-refractivity contribution in [3.63, 3.8) is 0 Å². The molecule has 1 saturated heterocycles. The average molecular weight is 364 g/mol. The minimum atomic E-state index is -4.52. The Labute approximate surface area is 151 Å². The Morgan fingerprint density at radius 3 is 2.04 bits per heavy atom. The average Bonchev–Trinajstić information content (AvgIpc) is 2.78. The molecule has 1 amide bonds. The number of hydrogen-bond acceptors (Lipinski definition) is 2. The summed E-state index contributed by atoms with van der Waals surface area (Å²) >= 11 is 0. The Morgan fingerprint density at radius 2 is 1.58 bits per heavy atom. The molecule has 1 aliphatic heterocycles. The SMILES string of the molecule is CC(C)c1cccc2c([C@H](N3CC(C)(C)C(=O)N3)C(F)(F)F)cccc12. The smallest absolute Gasteiger partial charge is 0.287 e. The molecule has 1 heterocycles. The van der Waals surface area contributed by atoms with E-state index in [0.717, 1.165) is 16.0 Å². The second-order valence-corrected chi connectivity index (χ2v) is 7.84. The van der Waals surface area contributed by atoms with Crippen LogP contribution in [-0.2, 0) is 4.79 Å². The van der Waals surface area contributed by atoms with Crippen molar-refractivity contribution >= 4 is 16.7 Å². The lowest BCUT2D eigenvalue weighted by molar-refractivity contribution is -0.191. The standard InChI is InChI=1S/C20H23F3N2O/c1-12(2)13-7-5-9-15-14(13)8-6-10-16(15)17(20(21,22)23)25-11-19(3,4)18(26)24-25/h5-10,12,17H,11H2,1-4H3,(H,24,26)/t17-/m0/s1. The van der Waals surface area contributed by atoms with Gasteiger partial charge >= 0.3 is 6.18 Å². The molecular formula is C20H23F3N2O. The third kappa shape index (κ3) is 3.18. The van der Waals surface area contributed by atoms with E-state index in [-0.39, 0.29) is 18.0 Å². The molecule has 2 aromatic carbocycles. The van der Waals surface area contributed by atoms with Crippen LogP contribution in [0.15, 0.2) is 36.4 Å². The van der Waals surface area contributed by atoms with Gasteiger partial charge in [0.1, 0.15) is 0 Å². The molecule has 26 heavy (non-hydrogen) atoms. The van der Waals surface area contributed by atoms with Crippen molar-refractivity contribution < 1.29 is 18.0 Å². The number of halogens is 3. The van der Waals surface area contributed by atoms with E-state index < -0.39 is 23.5 Å². The van der Waals surface area contributed by atoms with E-state index in [9.17, 15) is 18.0 Å². The molecule has 0 spiro atoms. The van der Waals surface area contributed by atoms with Crippen LogP contribution in [0.1, 0.15) is 50.8 Å². The van der Waals surface area contributed by atoms with Gasteiger partial charge in [-0.2, -0.15) is 13.2 Å². The maximum absolute atomic E-state index is 14.0. The highest BCUT2D eigenvalue weighted by Crippen LogP contribution is 2.43. The van der Waals surface area contributed by atoms with Gasteiger partial charge in [-0.05, 0) is 41.7 Å². The molecule has 0 bridgehead atoms. The van der Waals surface area contributed by atoms with Crippen molar-refractivity contribution in [1.29, 1.82) is 0 Å². The fourth-order valence-corrected chi connectivity index (χ4v) is 3.60.